The fraction of sp³-hybridized carbons (Fsp3) is 0.174. The van der Waals surface area contributed by atoms with E-state index in [2.05, 4.69) is 5.32 Å². The molecular weight excluding hydrogens is 439 g/mol. The topological polar surface area (TPSA) is 66.5 Å². The standard InChI is InChI=1S/C23H22ClFN2O3S/c1-17(19-7-11-21(25)12-8-19)26-23(28)16-27(15-18-5-3-2-4-6-18)31(29,30)22-13-9-20(24)10-14-22/h2-14,17H,15-16H2,1H3,(H,26,28). The predicted octanol–water partition coefficient (Wildman–Crippen LogP) is 4.55. The summed E-state index contributed by atoms with van der Waals surface area (Å²) in [6.07, 6.45) is 0. The van der Waals surface area contributed by atoms with Gasteiger partial charge in [0.2, 0.25) is 15.9 Å². The molecule has 8 heteroatoms. The van der Waals surface area contributed by atoms with Gasteiger partial charge in [-0.25, -0.2) is 12.8 Å². The van der Waals surface area contributed by atoms with Crippen LogP contribution in [0.25, 0.3) is 0 Å². The lowest BCUT2D eigenvalue weighted by atomic mass is 10.1. The number of rotatable bonds is 8. The lowest BCUT2D eigenvalue weighted by Crippen LogP contribution is -2.41. The molecule has 1 amide bonds. The Morgan fingerprint density at radius 3 is 2.23 bits per heavy atom. The van der Waals surface area contributed by atoms with Gasteiger partial charge >= 0.3 is 0 Å². The van der Waals surface area contributed by atoms with Crippen molar-refractivity contribution >= 4 is 27.5 Å². The Kier molecular flexibility index (Phi) is 7.43. The van der Waals surface area contributed by atoms with E-state index in [0.29, 0.717) is 10.6 Å². The second-order valence-electron chi connectivity index (χ2n) is 7.05. The average molecular weight is 461 g/mol. The molecule has 5 nitrogen and oxygen atoms in total. The molecule has 162 valence electrons. The minimum Gasteiger partial charge on any atom is -0.348 e. The zero-order valence-electron chi connectivity index (χ0n) is 16.8. The van der Waals surface area contributed by atoms with Crippen molar-refractivity contribution < 1.29 is 17.6 Å². The summed E-state index contributed by atoms with van der Waals surface area (Å²) >= 11 is 5.88. The van der Waals surface area contributed by atoms with Crippen LogP contribution in [0.3, 0.4) is 0 Å². The van der Waals surface area contributed by atoms with Crippen molar-refractivity contribution in [1.29, 1.82) is 0 Å². The number of carbonyl (C=O) groups is 1. The van der Waals surface area contributed by atoms with Gasteiger partial charge in [0.1, 0.15) is 5.82 Å². The summed E-state index contributed by atoms with van der Waals surface area (Å²) in [5.74, 6) is -0.837. The third kappa shape index (κ3) is 6.13. The van der Waals surface area contributed by atoms with E-state index in [1.165, 1.54) is 36.4 Å². The number of amides is 1. The predicted molar refractivity (Wildman–Crippen MR) is 118 cm³/mol. The van der Waals surface area contributed by atoms with Gasteiger partial charge < -0.3 is 5.32 Å². The molecule has 1 unspecified atom stereocenters. The van der Waals surface area contributed by atoms with Gasteiger partial charge in [-0.05, 0) is 54.4 Å². The van der Waals surface area contributed by atoms with Crippen molar-refractivity contribution in [1.82, 2.24) is 9.62 Å². The Bertz CT molecular complexity index is 1120. The Balaban J connectivity index is 1.81. The smallest absolute Gasteiger partial charge is 0.243 e. The molecule has 31 heavy (non-hydrogen) atoms. The van der Waals surface area contributed by atoms with E-state index >= 15 is 0 Å². The number of nitrogens with zero attached hydrogens (tertiary/aromatic N) is 1. The summed E-state index contributed by atoms with van der Waals surface area (Å²) in [6.45, 7) is 1.41. The molecule has 0 spiro atoms. The fourth-order valence-electron chi connectivity index (χ4n) is 3.05. The molecule has 0 aliphatic heterocycles. The first-order chi connectivity index (χ1) is 14.8. The fourth-order valence-corrected chi connectivity index (χ4v) is 4.56. The zero-order chi connectivity index (χ0) is 22.4. The molecule has 0 saturated heterocycles. The zero-order valence-corrected chi connectivity index (χ0v) is 18.4. The van der Waals surface area contributed by atoms with Crippen LogP contribution in [0.5, 0.6) is 0 Å². The van der Waals surface area contributed by atoms with E-state index in [1.807, 2.05) is 6.07 Å². The molecule has 0 aromatic heterocycles. The number of hydrogen-bond acceptors (Lipinski definition) is 3. The molecule has 0 saturated carbocycles. The Morgan fingerprint density at radius 2 is 1.61 bits per heavy atom. The van der Waals surface area contributed by atoms with Crippen LogP contribution in [0.15, 0.2) is 83.8 Å². The average Bonchev–Trinajstić information content (AvgIpc) is 2.74. The van der Waals surface area contributed by atoms with E-state index in [4.69, 9.17) is 11.6 Å². The van der Waals surface area contributed by atoms with Gasteiger partial charge in [-0.1, -0.05) is 54.1 Å². The van der Waals surface area contributed by atoms with Gasteiger partial charge in [0, 0.05) is 11.6 Å². The number of carbonyl (C=O) groups excluding carboxylic acids is 1. The highest BCUT2D eigenvalue weighted by molar-refractivity contribution is 7.89. The van der Waals surface area contributed by atoms with Gasteiger partial charge in [0.05, 0.1) is 17.5 Å². The first-order valence-corrected chi connectivity index (χ1v) is 11.4. The molecule has 1 atom stereocenters. The minimum absolute atomic E-state index is 0.0319. The largest absolute Gasteiger partial charge is 0.348 e. The SMILES string of the molecule is CC(NC(=O)CN(Cc1ccccc1)S(=O)(=O)c1ccc(Cl)cc1)c1ccc(F)cc1. The molecule has 0 radical (unpaired) electrons. The first-order valence-electron chi connectivity index (χ1n) is 9.60. The number of benzene rings is 3. The second-order valence-corrected chi connectivity index (χ2v) is 9.43. The van der Waals surface area contributed by atoms with Crippen molar-refractivity contribution in [3.63, 3.8) is 0 Å². The number of hydrogen-bond donors (Lipinski definition) is 1. The molecule has 0 fully saturated rings. The third-order valence-electron chi connectivity index (χ3n) is 4.72. The van der Waals surface area contributed by atoms with Crippen LogP contribution in [-0.4, -0.2) is 25.2 Å². The van der Waals surface area contributed by atoms with Crippen molar-refractivity contribution in [3.8, 4) is 0 Å². The van der Waals surface area contributed by atoms with Gasteiger partial charge in [-0.2, -0.15) is 4.31 Å². The molecule has 0 heterocycles. The maximum absolute atomic E-state index is 13.2. The molecular formula is C23H22ClFN2O3S. The van der Waals surface area contributed by atoms with E-state index in [-0.39, 0.29) is 23.8 Å². The van der Waals surface area contributed by atoms with Crippen LogP contribution < -0.4 is 5.32 Å². The van der Waals surface area contributed by atoms with Gasteiger partial charge in [0.25, 0.3) is 0 Å². The van der Waals surface area contributed by atoms with Crippen LogP contribution in [-0.2, 0) is 21.4 Å². The van der Waals surface area contributed by atoms with E-state index < -0.39 is 22.0 Å². The van der Waals surface area contributed by atoms with E-state index in [0.717, 1.165) is 9.87 Å². The quantitative estimate of drug-likeness (QED) is 0.536. The molecule has 0 bridgehead atoms. The van der Waals surface area contributed by atoms with Gasteiger partial charge in [-0.3, -0.25) is 4.79 Å². The van der Waals surface area contributed by atoms with Crippen LogP contribution in [0.1, 0.15) is 24.1 Å². The summed E-state index contributed by atoms with van der Waals surface area (Å²) in [7, 11) is -3.95. The van der Waals surface area contributed by atoms with Crippen molar-refractivity contribution in [2.75, 3.05) is 6.54 Å². The van der Waals surface area contributed by atoms with E-state index in [9.17, 15) is 17.6 Å². The lowest BCUT2D eigenvalue weighted by Gasteiger charge is -2.23. The highest BCUT2D eigenvalue weighted by Gasteiger charge is 2.27. The number of halogens is 2. The summed E-state index contributed by atoms with van der Waals surface area (Å²) in [5.41, 5.74) is 1.46. The Morgan fingerprint density at radius 1 is 1.00 bits per heavy atom. The van der Waals surface area contributed by atoms with Crippen LogP contribution in [0, 0.1) is 5.82 Å². The summed E-state index contributed by atoms with van der Waals surface area (Å²) in [6, 6.07) is 20.2. The lowest BCUT2D eigenvalue weighted by molar-refractivity contribution is -0.122. The first kappa shape index (κ1) is 22.9. The molecule has 3 aromatic carbocycles. The van der Waals surface area contributed by atoms with Crippen LogP contribution in [0.2, 0.25) is 5.02 Å². The Hall–Kier alpha value is -2.74. The molecule has 1 N–H and O–H groups in total. The van der Waals surface area contributed by atoms with Crippen LogP contribution >= 0.6 is 11.6 Å². The maximum Gasteiger partial charge on any atom is 0.243 e. The third-order valence-corrected chi connectivity index (χ3v) is 6.78. The summed E-state index contributed by atoms with van der Waals surface area (Å²) in [5, 5.41) is 3.19. The van der Waals surface area contributed by atoms with Crippen molar-refractivity contribution in [2.24, 2.45) is 0 Å². The highest BCUT2D eigenvalue weighted by atomic mass is 35.5. The second kappa shape index (κ2) is 10.0. The normalized spacial score (nSPS) is 12.5. The summed E-state index contributed by atoms with van der Waals surface area (Å²) in [4.78, 5) is 12.8. The van der Waals surface area contributed by atoms with Gasteiger partial charge in [-0.15, -0.1) is 0 Å². The monoisotopic (exact) mass is 460 g/mol. The minimum atomic E-state index is -3.95. The van der Waals surface area contributed by atoms with E-state index in [1.54, 1.807) is 43.3 Å². The molecule has 0 aliphatic rings. The van der Waals surface area contributed by atoms with Gasteiger partial charge in [0.15, 0.2) is 0 Å². The Labute approximate surface area is 186 Å². The summed E-state index contributed by atoms with van der Waals surface area (Å²) < 4.78 is 40.7. The van der Waals surface area contributed by atoms with Crippen molar-refractivity contribution in [2.45, 2.75) is 24.4 Å². The highest BCUT2D eigenvalue weighted by Crippen LogP contribution is 2.21. The number of sulfonamides is 1. The van der Waals surface area contributed by atoms with Crippen molar-refractivity contribution in [3.05, 3.63) is 101 Å². The maximum atomic E-state index is 13.2. The molecule has 0 aliphatic carbocycles. The van der Waals surface area contributed by atoms with Crippen LogP contribution in [0.4, 0.5) is 4.39 Å². The molecule has 3 rings (SSSR count). The molecule has 3 aromatic rings. The number of nitrogens with one attached hydrogen (secondary N) is 1.